The van der Waals surface area contributed by atoms with E-state index in [1.807, 2.05) is 6.07 Å². The summed E-state index contributed by atoms with van der Waals surface area (Å²) in [6.45, 7) is 0.322. The molecule has 0 fully saturated rings. The number of nitrogens with one attached hydrogen (secondary N) is 1. The number of hydrogen-bond donors (Lipinski definition) is 1. The van der Waals surface area contributed by atoms with Gasteiger partial charge in [-0.2, -0.15) is 5.26 Å². The summed E-state index contributed by atoms with van der Waals surface area (Å²) in [6.07, 6.45) is 1.46. The van der Waals surface area contributed by atoms with E-state index in [-0.39, 0.29) is 4.90 Å². The van der Waals surface area contributed by atoms with Crippen molar-refractivity contribution in [3.63, 3.8) is 0 Å². The van der Waals surface area contributed by atoms with Crippen molar-refractivity contribution < 1.29 is 8.42 Å². The number of hydrogen-bond acceptors (Lipinski definition) is 5. The fraction of sp³-hybridized carbons (Fsp3) is 0.200. The van der Waals surface area contributed by atoms with Crippen molar-refractivity contribution in [2.45, 2.75) is 11.4 Å². The Morgan fingerprint density at radius 2 is 1.95 bits per heavy atom. The number of pyridine rings is 1. The quantitative estimate of drug-likeness (QED) is 0.909. The van der Waals surface area contributed by atoms with E-state index in [1.54, 1.807) is 36.4 Å². The van der Waals surface area contributed by atoms with E-state index in [0.717, 1.165) is 0 Å². The Morgan fingerprint density at radius 1 is 1.23 bits per heavy atom. The molecule has 0 aliphatic carbocycles. The van der Waals surface area contributed by atoms with Crippen molar-refractivity contribution >= 4 is 15.8 Å². The highest BCUT2D eigenvalue weighted by atomic mass is 32.2. The lowest BCUT2D eigenvalue weighted by molar-refractivity contribution is 0.520. The van der Waals surface area contributed by atoms with Crippen molar-refractivity contribution in [2.24, 2.45) is 0 Å². The summed E-state index contributed by atoms with van der Waals surface area (Å²) in [6, 6.07) is 12.1. The molecule has 0 saturated heterocycles. The average Bonchev–Trinajstić information content (AvgIpc) is 2.53. The number of anilines is 1. The molecule has 0 aliphatic heterocycles. The SMILES string of the molecule is CN(C)S(=O)(=O)c1ccccc1CNc1ccc(C#N)cn1. The smallest absolute Gasteiger partial charge is 0.242 e. The van der Waals surface area contributed by atoms with E-state index in [0.29, 0.717) is 23.5 Å². The summed E-state index contributed by atoms with van der Waals surface area (Å²) < 4.78 is 25.8. The molecule has 0 unspecified atom stereocenters. The molecular formula is C15H16N4O2S. The molecule has 22 heavy (non-hydrogen) atoms. The Morgan fingerprint density at radius 3 is 2.55 bits per heavy atom. The molecule has 0 aliphatic rings. The summed E-state index contributed by atoms with van der Waals surface area (Å²) in [5, 5.41) is 11.8. The highest BCUT2D eigenvalue weighted by Gasteiger charge is 2.20. The molecule has 1 N–H and O–H groups in total. The number of benzene rings is 1. The maximum atomic E-state index is 12.3. The number of aromatic nitrogens is 1. The predicted octanol–water partition coefficient (Wildman–Crippen LogP) is 1.82. The lowest BCUT2D eigenvalue weighted by Gasteiger charge is -2.15. The van der Waals surface area contributed by atoms with Crippen LogP contribution in [0.5, 0.6) is 0 Å². The first-order valence-electron chi connectivity index (χ1n) is 6.55. The van der Waals surface area contributed by atoms with E-state index >= 15 is 0 Å². The lowest BCUT2D eigenvalue weighted by atomic mass is 10.2. The monoisotopic (exact) mass is 316 g/mol. The Hall–Kier alpha value is -2.43. The van der Waals surface area contributed by atoms with Gasteiger partial charge in [-0.25, -0.2) is 17.7 Å². The maximum Gasteiger partial charge on any atom is 0.242 e. The minimum atomic E-state index is -3.49. The van der Waals surface area contributed by atoms with Gasteiger partial charge in [0, 0.05) is 26.8 Å². The molecule has 0 spiro atoms. The first-order chi connectivity index (χ1) is 10.4. The first kappa shape index (κ1) is 15.9. The third-order valence-corrected chi connectivity index (χ3v) is 5.00. The van der Waals surface area contributed by atoms with Crippen molar-refractivity contribution in [1.82, 2.24) is 9.29 Å². The zero-order valence-corrected chi connectivity index (χ0v) is 13.1. The Labute approximate surface area is 130 Å². The second-order valence-electron chi connectivity index (χ2n) is 4.79. The van der Waals surface area contributed by atoms with Gasteiger partial charge in [-0.15, -0.1) is 0 Å². The highest BCUT2D eigenvalue weighted by molar-refractivity contribution is 7.89. The lowest BCUT2D eigenvalue weighted by Crippen LogP contribution is -2.23. The molecule has 1 aromatic carbocycles. The van der Waals surface area contributed by atoms with Gasteiger partial charge >= 0.3 is 0 Å². The van der Waals surface area contributed by atoms with Gasteiger partial charge in [0.05, 0.1) is 10.5 Å². The minimum Gasteiger partial charge on any atom is -0.366 e. The molecule has 2 aromatic rings. The third-order valence-electron chi connectivity index (χ3n) is 3.08. The summed E-state index contributed by atoms with van der Waals surface area (Å²) in [7, 11) is -0.489. The van der Waals surface area contributed by atoms with Crippen LogP contribution in [0.3, 0.4) is 0 Å². The molecule has 2 rings (SSSR count). The van der Waals surface area contributed by atoms with E-state index in [9.17, 15) is 8.42 Å². The average molecular weight is 316 g/mol. The van der Waals surface area contributed by atoms with Crippen LogP contribution in [0.4, 0.5) is 5.82 Å². The minimum absolute atomic E-state index is 0.265. The zero-order chi connectivity index (χ0) is 16.2. The van der Waals surface area contributed by atoms with Gasteiger partial charge in [0.25, 0.3) is 0 Å². The molecule has 7 heteroatoms. The van der Waals surface area contributed by atoms with E-state index in [2.05, 4.69) is 10.3 Å². The molecule has 1 aromatic heterocycles. The molecule has 0 atom stereocenters. The predicted molar refractivity (Wildman–Crippen MR) is 83.6 cm³/mol. The number of sulfonamides is 1. The normalized spacial score (nSPS) is 11.2. The molecule has 6 nitrogen and oxygen atoms in total. The van der Waals surface area contributed by atoms with E-state index < -0.39 is 10.0 Å². The molecule has 0 amide bonds. The van der Waals surface area contributed by atoms with E-state index in [4.69, 9.17) is 5.26 Å². The van der Waals surface area contributed by atoms with Gasteiger partial charge in [-0.1, -0.05) is 18.2 Å². The fourth-order valence-electron chi connectivity index (χ4n) is 1.85. The van der Waals surface area contributed by atoms with Gasteiger partial charge in [0.1, 0.15) is 11.9 Å². The number of nitrogens with zero attached hydrogens (tertiary/aromatic N) is 3. The van der Waals surface area contributed by atoms with Gasteiger partial charge in [0.15, 0.2) is 0 Å². The number of rotatable bonds is 5. The van der Waals surface area contributed by atoms with Crippen LogP contribution in [0.25, 0.3) is 0 Å². The van der Waals surface area contributed by atoms with Crippen LogP contribution in [0.1, 0.15) is 11.1 Å². The van der Waals surface area contributed by atoms with Crippen molar-refractivity contribution in [3.05, 3.63) is 53.7 Å². The standard InChI is InChI=1S/C15H16N4O2S/c1-19(2)22(20,21)14-6-4-3-5-13(14)11-18-15-8-7-12(9-16)10-17-15/h3-8,10H,11H2,1-2H3,(H,17,18). The summed E-state index contributed by atoms with van der Waals surface area (Å²) in [5.41, 5.74) is 1.13. The van der Waals surface area contributed by atoms with Gasteiger partial charge < -0.3 is 5.32 Å². The maximum absolute atomic E-state index is 12.3. The summed E-state index contributed by atoms with van der Waals surface area (Å²) in [5.74, 6) is 0.580. The van der Waals surface area contributed by atoms with Crippen LogP contribution in [-0.2, 0) is 16.6 Å². The van der Waals surface area contributed by atoms with Crippen LogP contribution in [-0.4, -0.2) is 31.8 Å². The Bertz CT molecular complexity index is 793. The fourth-order valence-corrected chi connectivity index (χ4v) is 2.96. The molecule has 0 saturated carbocycles. The second-order valence-corrected chi connectivity index (χ2v) is 6.91. The molecule has 114 valence electrons. The number of nitriles is 1. The largest absolute Gasteiger partial charge is 0.366 e. The van der Waals surface area contributed by atoms with E-state index in [1.165, 1.54) is 24.6 Å². The Kier molecular flexibility index (Phi) is 4.75. The van der Waals surface area contributed by atoms with Crippen molar-refractivity contribution in [1.29, 1.82) is 5.26 Å². The van der Waals surface area contributed by atoms with Gasteiger partial charge in [0.2, 0.25) is 10.0 Å². The van der Waals surface area contributed by atoms with Crippen LogP contribution in [0.15, 0.2) is 47.5 Å². The van der Waals surface area contributed by atoms with Gasteiger partial charge in [-0.05, 0) is 23.8 Å². The van der Waals surface area contributed by atoms with Crippen molar-refractivity contribution in [3.8, 4) is 6.07 Å². The molecular weight excluding hydrogens is 300 g/mol. The summed E-state index contributed by atoms with van der Waals surface area (Å²) in [4.78, 5) is 4.36. The first-order valence-corrected chi connectivity index (χ1v) is 7.99. The summed E-state index contributed by atoms with van der Waals surface area (Å²) >= 11 is 0. The third kappa shape index (κ3) is 3.42. The molecule has 1 heterocycles. The van der Waals surface area contributed by atoms with Crippen LogP contribution in [0.2, 0.25) is 0 Å². The van der Waals surface area contributed by atoms with Crippen LogP contribution in [0, 0.1) is 11.3 Å². The van der Waals surface area contributed by atoms with Crippen LogP contribution < -0.4 is 5.32 Å². The van der Waals surface area contributed by atoms with Crippen molar-refractivity contribution in [2.75, 3.05) is 19.4 Å². The zero-order valence-electron chi connectivity index (χ0n) is 12.3. The second kappa shape index (κ2) is 6.56. The Balaban J connectivity index is 2.22. The molecule has 0 radical (unpaired) electrons. The van der Waals surface area contributed by atoms with Crippen LogP contribution >= 0.6 is 0 Å². The molecule has 0 bridgehead atoms. The topological polar surface area (TPSA) is 86.1 Å². The van der Waals surface area contributed by atoms with Gasteiger partial charge in [-0.3, -0.25) is 0 Å². The highest BCUT2D eigenvalue weighted by Crippen LogP contribution is 2.19.